The lowest BCUT2D eigenvalue weighted by atomic mass is 10.0. The Morgan fingerprint density at radius 2 is 1.50 bits per heavy atom. The van der Waals surface area contributed by atoms with Crippen LogP contribution in [0.5, 0.6) is 0 Å². The van der Waals surface area contributed by atoms with E-state index in [9.17, 15) is 4.79 Å². The second-order valence-electron chi connectivity index (χ2n) is 4.67. The van der Waals surface area contributed by atoms with E-state index in [1.54, 1.807) is 0 Å². The highest BCUT2D eigenvalue weighted by atomic mass is 16.6. The second kappa shape index (κ2) is 4.85. The number of rotatable bonds is 2. The third-order valence-electron chi connectivity index (χ3n) is 3.53. The molecule has 100 valence electrons. The van der Waals surface area contributed by atoms with Crippen LogP contribution < -0.4 is 10.4 Å². The van der Waals surface area contributed by atoms with Gasteiger partial charge in [0.2, 0.25) is 0 Å². The number of fused-ring (bicyclic) bond motifs is 1. The molecule has 0 bridgehead atoms. The molecule has 3 heteroatoms. The monoisotopic (exact) mass is 265 g/mol. The van der Waals surface area contributed by atoms with E-state index < -0.39 is 0 Å². The minimum absolute atomic E-state index is 0.132. The smallest absolute Gasteiger partial charge is 0.291 e. The lowest BCUT2D eigenvalue weighted by molar-refractivity contribution is 0.162. The van der Waals surface area contributed by atoms with Crippen LogP contribution in [-0.2, 0) is 0 Å². The van der Waals surface area contributed by atoms with Crippen molar-refractivity contribution in [3.8, 4) is 11.3 Å². The van der Waals surface area contributed by atoms with E-state index in [1.807, 2.05) is 61.5 Å². The molecule has 0 radical (unpaired) electrons. The number of hydrogen-bond acceptors (Lipinski definition) is 2. The van der Waals surface area contributed by atoms with Gasteiger partial charge < -0.3 is 4.84 Å². The topological polar surface area (TPSA) is 31.2 Å². The minimum atomic E-state index is -0.132. The van der Waals surface area contributed by atoms with Crippen molar-refractivity contribution < 1.29 is 4.84 Å². The van der Waals surface area contributed by atoms with Crippen molar-refractivity contribution in [3.63, 3.8) is 0 Å². The molecule has 3 aromatic rings. The number of benzene rings is 2. The average Bonchev–Trinajstić information content (AvgIpc) is 2.51. The summed E-state index contributed by atoms with van der Waals surface area (Å²) in [5.41, 5.74) is 2.67. The molecule has 0 aliphatic rings. The maximum atomic E-state index is 12.5. The van der Waals surface area contributed by atoms with E-state index >= 15 is 0 Å². The van der Waals surface area contributed by atoms with Gasteiger partial charge in [0.05, 0.1) is 11.1 Å². The van der Waals surface area contributed by atoms with E-state index in [0.717, 1.165) is 22.2 Å². The van der Waals surface area contributed by atoms with Crippen molar-refractivity contribution in [1.29, 1.82) is 0 Å². The molecule has 3 rings (SSSR count). The molecule has 0 N–H and O–H groups in total. The number of hydrogen-bond donors (Lipinski definition) is 0. The van der Waals surface area contributed by atoms with Crippen LogP contribution in [0.3, 0.4) is 0 Å². The van der Waals surface area contributed by atoms with Crippen molar-refractivity contribution in [1.82, 2.24) is 4.73 Å². The first-order chi connectivity index (χ1) is 9.74. The Kier molecular flexibility index (Phi) is 3.03. The molecular weight excluding hydrogens is 250 g/mol. The Bertz CT molecular complexity index is 820. The van der Waals surface area contributed by atoms with Crippen LogP contribution in [0.2, 0.25) is 0 Å². The highest BCUT2D eigenvalue weighted by Crippen LogP contribution is 2.26. The molecule has 0 fully saturated rings. The van der Waals surface area contributed by atoms with Gasteiger partial charge in [-0.15, -0.1) is 4.73 Å². The largest absolute Gasteiger partial charge is 0.413 e. The maximum absolute atomic E-state index is 12.5. The van der Waals surface area contributed by atoms with Crippen LogP contribution in [0, 0.1) is 6.92 Å². The van der Waals surface area contributed by atoms with Crippen molar-refractivity contribution in [3.05, 3.63) is 70.5 Å². The Morgan fingerprint density at radius 3 is 2.15 bits per heavy atom. The quantitative estimate of drug-likeness (QED) is 0.713. The maximum Gasteiger partial charge on any atom is 0.291 e. The first-order valence-electron chi connectivity index (χ1n) is 6.48. The molecule has 2 aromatic carbocycles. The zero-order valence-electron chi connectivity index (χ0n) is 11.5. The lowest BCUT2D eigenvalue weighted by Crippen LogP contribution is -2.27. The second-order valence-corrected chi connectivity index (χ2v) is 4.67. The first-order valence-corrected chi connectivity index (χ1v) is 6.48. The van der Waals surface area contributed by atoms with E-state index in [4.69, 9.17) is 4.84 Å². The zero-order chi connectivity index (χ0) is 14.1. The van der Waals surface area contributed by atoms with E-state index in [-0.39, 0.29) is 5.56 Å². The van der Waals surface area contributed by atoms with E-state index in [2.05, 4.69) is 0 Å². The molecular formula is C17H15NO2. The van der Waals surface area contributed by atoms with Gasteiger partial charge in [-0.1, -0.05) is 48.5 Å². The van der Waals surface area contributed by atoms with Crippen LogP contribution in [0.1, 0.15) is 5.56 Å². The fraction of sp³-hybridized carbons (Fsp3) is 0.118. The van der Waals surface area contributed by atoms with Gasteiger partial charge in [0.1, 0.15) is 7.11 Å². The number of aryl methyl sites for hydroxylation is 1. The molecule has 0 amide bonds. The van der Waals surface area contributed by atoms with Gasteiger partial charge in [-0.2, -0.15) is 0 Å². The summed E-state index contributed by atoms with van der Waals surface area (Å²) in [5.74, 6) is 0. The summed E-state index contributed by atoms with van der Waals surface area (Å²) in [6.45, 7) is 2.01. The van der Waals surface area contributed by atoms with Gasteiger partial charge in [0, 0.05) is 5.56 Å². The molecule has 0 unspecified atom stereocenters. The SMILES string of the molecule is COn1c(-c2ccccc2)c(C)c2ccccc2c1=O. The molecule has 1 aromatic heterocycles. The Morgan fingerprint density at radius 1 is 0.900 bits per heavy atom. The predicted octanol–water partition coefficient (Wildman–Crippen LogP) is 3.04. The normalized spacial score (nSPS) is 10.7. The molecule has 0 spiro atoms. The number of pyridine rings is 1. The summed E-state index contributed by atoms with van der Waals surface area (Å²) < 4.78 is 1.37. The number of nitrogens with zero attached hydrogens (tertiary/aromatic N) is 1. The van der Waals surface area contributed by atoms with Crippen molar-refractivity contribution >= 4 is 10.8 Å². The van der Waals surface area contributed by atoms with Crippen LogP contribution >= 0.6 is 0 Å². The van der Waals surface area contributed by atoms with Crippen molar-refractivity contribution in [2.24, 2.45) is 0 Å². The zero-order valence-corrected chi connectivity index (χ0v) is 11.5. The molecule has 20 heavy (non-hydrogen) atoms. The highest BCUT2D eigenvalue weighted by Gasteiger charge is 2.15. The van der Waals surface area contributed by atoms with Crippen molar-refractivity contribution in [2.75, 3.05) is 7.11 Å². The van der Waals surface area contributed by atoms with Gasteiger partial charge in [0.25, 0.3) is 5.56 Å². The molecule has 0 aliphatic heterocycles. The first kappa shape index (κ1) is 12.5. The summed E-state index contributed by atoms with van der Waals surface area (Å²) in [6, 6.07) is 17.4. The summed E-state index contributed by atoms with van der Waals surface area (Å²) in [4.78, 5) is 17.9. The fourth-order valence-corrected chi connectivity index (χ4v) is 2.59. The highest BCUT2D eigenvalue weighted by molar-refractivity contribution is 5.89. The summed E-state index contributed by atoms with van der Waals surface area (Å²) in [7, 11) is 1.52. The molecule has 0 aliphatic carbocycles. The third kappa shape index (κ3) is 1.79. The van der Waals surface area contributed by atoms with Gasteiger partial charge >= 0.3 is 0 Å². The van der Waals surface area contributed by atoms with Crippen LogP contribution in [-0.4, -0.2) is 11.8 Å². The molecule has 1 heterocycles. The van der Waals surface area contributed by atoms with Gasteiger partial charge in [-0.25, -0.2) is 0 Å². The molecule has 0 saturated heterocycles. The Hall–Kier alpha value is -2.55. The summed E-state index contributed by atoms with van der Waals surface area (Å²) in [6.07, 6.45) is 0. The summed E-state index contributed by atoms with van der Waals surface area (Å²) >= 11 is 0. The fourth-order valence-electron chi connectivity index (χ4n) is 2.59. The predicted molar refractivity (Wildman–Crippen MR) is 80.9 cm³/mol. The summed E-state index contributed by atoms with van der Waals surface area (Å²) in [5, 5.41) is 1.64. The third-order valence-corrected chi connectivity index (χ3v) is 3.53. The Balaban J connectivity index is 2.48. The number of aromatic nitrogens is 1. The van der Waals surface area contributed by atoms with Crippen LogP contribution in [0.25, 0.3) is 22.0 Å². The van der Waals surface area contributed by atoms with Gasteiger partial charge in [-0.3, -0.25) is 4.79 Å². The minimum Gasteiger partial charge on any atom is -0.413 e. The van der Waals surface area contributed by atoms with E-state index in [0.29, 0.717) is 5.39 Å². The molecule has 3 nitrogen and oxygen atoms in total. The lowest BCUT2D eigenvalue weighted by Gasteiger charge is -2.16. The average molecular weight is 265 g/mol. The van der Waals surface area contributed by atoms with Crippen LogP contribution in [0.4, 0.5) is 0 Å². The van der Waals surface area contributed by atoms with E-state index in [1.165, 1.54) is 11.8 Å². The van der Waals surface area contributed by atoms with Gasteiger partial charge in [-0.05, 0) is 23.9 Å². The van der Waals surface area contributed by atoms with Gasteiger partial charge in [0.15, 0.2) is 0 Å². The Labute approximate surface area is 117 Å². The standard InChI is InChI=1S/C17H15NO2/c1-12-14-10-6-7-11-15(14)17(19)18(20-2)16(12)13-8-4-3-5-9-13/h3-11H,1-2H3. The van der Waals surface area contributed by atoms with Crippen LogP contribution in [0.15, 0.2) is 59.4 Å². The van der Waals surface area contributed by atoms with Crippen molar-refractivity contribution in [2.45, 2.75) is 6.92 Å². The molecule has 0 saturated carbocycles. The molecule has 0 atom stereocenters.